The van der Waals surface area contributed by atoms with Crippen LogP contribution in [0.2, 0.25) is 0 Å². The summed E-state index contributed by atoms with van der Waals surface area (Å²) in [6, 6.07) is 0. The number of nitrogens with one attached hydrogen (secondary N) is 1. The van der Waals surface area contributed by atoms with E-state index in [0.717, 1.165) is 0 Å². The van der Waals surface area contributed by atoms with Crippen molar-refractivity contribution in [2.75, 3.05) is 0 Å². The van der Waals surface area contributed by atoms with Crippen molar-refractivity contribution in [3.05, 3.63) is 22.3 Å². The van der Waals surface area contributed by atoms with Crippen molar-refractivity contribution < 1.29 is 0 Å². The van der Waals surface area contributed by atoms with E-state index in [1.54, 1.807) is 12.2 Å². The number of hydrogen-bond acceptors (Lipinski definition) is 1. The molecule has 4 heteroatoms. The number of rotatable bonds is 0. The molecule has 1 aliphatic heterocycles. The van der Waals surface area contributed by atoms with Crippen molar-refractivity contribution in [1.29, 1.82) is 0 Å². The third-order valence-electron chi connectivity index (χ3n) is 0.896. The molecule has 0 aromatic carbocycles. The van der Waals surface area contributed by atoms with Gasteiger partial charge < -0.3 is 5.32 Å². The molecule has 1 heterocycles. The van der Waals surface area contributed by atoms with Crippen molar-refractivity contribution in [2.24, 2.45) is 0 Å². The van der Waals surface area contributed by atoms with Gasteiger partial charge >= 0.3 is 0 Å². The monoisotopic (exact) mass is 183 g/mol. The van der Waals surface area contributed by atoms with Crippen LogP contribution in [-0.4, -0.2) is 5.50 Å². The van der Waals surface area contributed by atoms with Crippen LogP contribution in [0.1, 0.15) is 0 Å². The molecule has 1 rings (SSSR count). The Hall–Kier alpha value is 0.150. The molecule has 1 unspecified atom stereocenters. The van der Waals surface area contributed by atoms with E-state index >= 15 is 0 Å². The smallest absolute Gasteiger partial charge is 0.138 e. The molecule has 0 saturated heterocycles. The van der Waals surface area contributed by atoms with Crippen molar-refractivity contribution in [3.63, 3.8) is 0 Å². The predicted molar refractivity (Wildman–Crippen MR) is 40.6 cm³/mol. The highest BCUT2D eigenvalue weighted by Gasteiger charge is 2.11. The van der Waals surface area contributed by atoms with E-state index in [0.29, 0.717) is 10.2 Å². The van der Waals surface area contributed by atoms with Gasteiger partial charge in [-0.1, -0.05) is 34.8 Å². The van der Waals surface area contributed by atoms with Gasteiger partial charge in [0, 0.05) is 0 Å². The molecule has 9 heavy (non-hydrogen) atoms. The molecule has 1 nitrogen and oxygen atoms in total. The molecule has 0 saturated carbocycles. The lowest BCUT2D eigenvalue weighted by Crippen LogP contribution is -2.23. The van der Waals surface area contributed by atoms with Crippen molar-refractivity contribution in [1.82, 2.24) is 5.32 Å². The van der Waals surface area contributed by atoms with Gasteiger partial charge in [-0.25, -0.2) is 0 Å². The number of hydrogen-bond donors (Lipinski definition) is 1. The Balaban J connectivity index is 2.74. The maximum absolute atomic E-state index is 5.63. The lowest BCUT2D eigenvalue weighted by atomic mass is 10.4. The lowest BCUT2D eigenvalue weighted by Gasteiger charge is -2.14. The fraction of sp³-hybridized carbons (Fsp3) is 0.200. The number of alkyl halides is 1. The molecule has 0 bridgehead atoms. The molecule has 0 fully saturated rings. The Morgan fingerprint density at radius 2 is 2.00 bits per heavy atom. The van der Waals surface area contributed by atoms with Crippen LogP contribution in [-0.2, 0) is 0 Å². The molecule has 0 aromatic rings. The van der Waals surface area contributed by atoms with Crippen LogP contribution in [0.4, 0.5) is 0 Å². The first-order valence-corrected chi connectivity index (χ1v) is 3.53. The summed E-state index contributed by atoms with van der Waals surface area (Å²) in [6.07, 6.45) is 3.32. The summed E-state index contributed by atoms with van der Waals surface area (Å²) in [4.78, 5) is 0. The topological polar surface area (TPSA) is 12.0 Å². The van der Waals surface area contributed by atoms with E-state index in [9.17, 15) is 0 Å². The zero-order chi connectivity index (χ0) is 6.85. The first-order chi connectivity index (χ1) is 4.20. The second kappa shape index (κ2) is 2.82. The zero-order valence-corrected chi connectivity index (χ0v) is 6.63. The van der Waals surface area contributed by atoms with E-state index in [1.807, 2.05) is 0 Å². The van der Waals surface area contributed by atoms with Crippen molar-refractivity contribution in [3.8, 4) is 0 Å². The van der Waals surface area contributed by atoms with Crippen molar-refractivity contribution in [2.45, 2.75) is 5.50 Å². The molecule has 0 aliphatic carbocycles. The fourth-order valence-electron chi connectivity index (χ4n) is 0.475. The van der Waals surface area contributed by atoms with Gasteiger partial charge in [-0.05, 0) is 12.2 Å². The van der Waals surface area contributed by atoms with Crippen LogP contribution >= 0.6 is 34.8 Å². The second-order valence-corrected chi connectivity index (χ2v) is 2.85. The van der Waals surface area contributed by atoms with Crippen LogP contribution in [0.25, 0.3) is 0 Å². The minimum atomic E-state index is -0.371. The van der Waals surface area contributed by atoms with Crippen molar-refractivity contribution >= 4 is 34.8 Å². The summed E-state index contributed by atoms with van der Waals surface area (Å²) in [5.74, 6) is 0. The van der Waals surface area contributed by atoms with Gasteiger partial charge in [0.15, 0.2) is 0 Å². The Morgan fingerprint density at radius 3 is 2.44 bits per heavy atom. The minimum absolute atomic E-state index is 0.371. The lowest BCUT2D eigenvalue weighted by molar-refractivity contribution is 0.870. The Labute approximate surface area is 68.3 Å². The molecular weight excluding hydrogens is 180 g/mol. The summed E-state index contributed by atoms with van der Waals surface area (Å²) in [6.45, 7) is 0. The molecule has 1 atom stereocenters. The third-order valence-corrected chi connectivity index (χ3v) is 1.93. The number of dihydropyridines is 1. The van der Waals surface area contributed by atoms with Crippen LogP contribution in [0, 0.1) is 0 Å². The Kier molecular flexibility index (Phi) is 2.28. The standard InChI is InChI=1S/C5H4Cl3N/c6-3-1-2-4(7)9-5(3)8/h1-2,5,9H. The number of halogens is 3. The van der Waals surface area contributed by atoms with E-state index in [-0.39, 0.29) is 5.50 Å². The van der Waals surface area contributed by atoms with E-state index < -0.39 is 0 Å². The Morgan fingerprint density at radius 1 is 1.33 bits per heavy atom. The summed E-state index contributed by atoms with van der Waals surface area (Å²) in [7, 11) is 0. The average molecular weight is 184 g/mol. The first-order valence-electron chi connectivity index (χ1n) is 2.33. The molecule has 50 valence electrons. The maximum Gasteiger partial charge on any atom is 0.138 e. The molecule has 0 radical (unpaired) electrons. The largest absolute Gasteiger partial charge is 0.355 e. The van der Waals surface area contributed by atoms with E-state index in [1.165, 1.54) is 0 Å². The number of allylic oxidation sites excluding steroid dienone is 2. The van der Waals surface area contributed by atoms with E-state index in [4.69, 9.17) is 34.8 Å². The van der Waals surface area contributed by atoms with Gasteiger partial charge in [0.05, 0.1) is 5.03 Å². The average Bonchev–Trinajstić information content (AvgIpc) is 1.80. The highest BCUT2D eigenvalue weighted by molar-refractivity contribution is 6.38. The molecule has 0 amide bonds. The van der Waals surface area contributed by atoms with E-state index in [2.05, 4.69) is 5.32 Å². The van der Waals surface area contributed by atoms with Crippen LogP contribution in [0.15, 0.2) is 22.3 Å². The maximum atomic E-state index is 5.63. The molecule has 1 N–H and O–H groups in total. The molecule has 0 spiro atoms. The van der Waals surface area contributed by atoms with Crippen LogP contribution in [0.3, 0.4) is 0 Å². The quantitative estimate of drug-likeness (QED) is 0.450. The highest BCUT2D eigenvalue weighted by atomic mass is 35.5. The van der Waals surface area contributed by atoms with Gasteiger partial charge in [-0.15, -0.1) is 0 Å². The normalized spacial score (nSPS) is 26.3. The van der Waals surface area contributed by atoms with Gasteiger partial charge in [0.25, 0.3) is 0 Å². The van der Waals surface area contributed by atoms with Gasteiger partial charge in [0.2, 0.25) is 0 Å². The van der Waals surface area contributed by atoms with Gasteiger partial charge in [-0.3, -0.25) is 0 Å². The first kappa shape index (κ1) is 7.26. The Bertz CT molecular complexity index is 173. The molecular formula is C5H4Cl3N. The van der Waals surface area contributed by atoms with Crippen LogP contribution < -0.4 is 5.32 Å². The summed E-state index contributed by atoms with van der Waals surface area (Å²) in [5.41, 5.74) is -0.371. The summed E-state index contributed by atoms with van der Waals surface area (Å²) in [5, 5.41) is 3.79. The SMILES string of the molecule is ClC1=CC=C(Cl)C(Cl)N1. The van der Waals surface area contributed by atoms with Gasteiger partial charge in [-0.2, -0.15) is 0 Å². The third kappa shape index (κ3) is 1.78. The summed E-state index contributed by atoms with van der Waals surface area (Å²) < 4.78 is 0. The van der Waals surface area contributed by atoms with Gasteiger partial charge in [0.1, 0.15) is 10.7 Å². The highest BCUT2D eigenvalue weighted by Crippen LogP contribution is 2.18. The minimum Gasteiger partial charge on any atom is -0.355 e. The zero-order valence-electron chi connectivity index (χ0n) is 4.37. The van der Waals surface area contributed by atoms with Crippen LogP contribution in [0.5, 0.6) is 0 Å². The second-order valence-electron chi connectivity index (χ2n) is 1.57. The molecule has 0 aromatic heterocycles. The molecule has 1 aliphatic rings. The fourth-order valence-corrected chi connectivity index (χ4v) is 1.01. The summed E-state index contributed by atoms with van der Waals surface area (Å²) >= 11 is 16.8. The predicted octanol–water partition coefficient (Wildman–Crippen LogP) is 2.36.